The van der Waals surface area contributed by atoms with Gasteiger partial charge in [-0.25, -0.2) is 0 Å². The summed E-state index contributed by atoms with van der Waals surface area (Å²) in [6.07, 6.45) is 0. The number of anilines is 1. The first-order chi connectivity index (χ1) is 12.4. The number of hydrogen-bond donors (Lipinski definition) is 1. The van der Waals surface area contributed by atoms with E-state index in [-0.39, 0.29) is 22.7 Å². The first-order valence-corrected chi connectivity index (χ1v) is 8.27. The highest BCUT2D eigenvalue weighted by Gasteiger charge is 2.25. The van der Waals surface area contributed by atoms with Crippen LogP contribution in [0.3, 0.4) is 0 Å². The molecule has 0 aliphatic heterocycles. The molecule has 2 aromatic carbocycles. The van der Waals surface area contributed by atoms with Crippen LogP contribution in [-0.2, 0) is 0 Å². The molecule has 0 heterocycles. The van der Waals surface area contributed by atoms with Gasteiger partial charge in [0.05, 0.1) is 24.7 Å². The van der Waals surface area contributed by atoms with Crippen LogP contribution >= 0.6 is 0 Å². The number of amides is 1. The van der Waals surface area contributed by atoms with Crippen LogP contribution in [0.25, 0.3) is 0 Å². The summed E-state index contributed by atoms with van der Waals surface area (Å²) in [6.45, 7) is 6.17. The van der Waals surface area contributed by atoms with Gasteiger partial charge in [0, 0.05) is 11.8 Å². The van der Waals surface area contributed by atoms with E-state index in [1.165, 1.54) is 19.2 Å². The van der Waals surface area contributed by atoms with Crippen molar-refractivity contribution in [3.8, 4) is 11.5 Å². The highest BCUT2D eigenvalue weighted by molar-refractivity contribution is 6.07. The van der Waals surface area contributed by atoms with Gasteiger partial charge in [-0.05, 0) is 30.5 Å². The topological polar surface area (TPSA) is 90.7 Å². The van der Waals surface area contributed by atoms with Gasteiger partial charge in [0.15, 0.2) is 11.5 Å². The Morgan fingerprint density at radius 2 is 1.96 bits per heavy atom. The Labute approximate surface area is 152 Å². The predicted molar refractivity (Wildman–Crippen MR) is 99.3 cm³/mol. The second-order valence-electron chi connectivity index (χ2n) is 5.94. The van der Waals surface area contributed by atoms with E-state index >= 15 is 0 Å². The van der Waals surface area contributed by atoms with E-state index < -0.39 is 10.8 Å². The molecule has 2 rings (SSSR count). The van der Waals surface area contributed by atoms with Crippen LogP contribution in [0.2, 0.25) is 0 Å². The van der Waals surface area contributed by atoms with Crippen molar-refractivity contribution in [3.05, 3.63) is 57.6 Å². The highest BCUT2D eigenvalue weighted by Crippen LogP contribution is 2.35. The number of nitro groups is 1. The quantitative estimate of drug-likeness (QED) is 0.586. The number of benzene rings is 2. The Morgan fingerprint density at radius 1 is 1.23 bits per heavy atom. The molecule has 7 heteroatoms. The number of ether oxygens (including phenoxy) is 2. The van der Waals surface area contributed by atoms with Crippen molar-refractivity contribution in [3.63, 3.8) is 0 Å². The van der Waals surface area contributed by atoms with Crippen LogP contribution in [0, 0.1) is 10.1 Å². The van der Waals surface area contributed by atoms with Crippen molar-refractivity contribution in [1.82, 2.24) is 0 Å². The zero-order valence-corrected chi connectivity index (χ0v) is 15.2. The predicted octanol–water partition coefficient (Wildman–Crippen LogP) is 4.38. The lowest BCUT2D eigenvalue weighted by Crippen LogP contribution is -2.15. The molecule has 0 spiro atoms. The summed E-state index contributed by atoms with van der Waals surface area (Å²) in [7, 11) is 1.41. The van der Waals surface area contributed by atoms with Gasteiger partial charge >= 0.3 is 0 Å². The molecule has 1 amide bonds. The molecule has 0 bridgehead atoms. The molecule has 0 radical (unpaired) electrons. The number of methoxy groups -OCH3 is 1. The number of hydrogen-bond acceptors (Lipinski definition) is 5. The van der Waals surface area contributed by atoms with E-state index in [0.717, 1.165) is 5.56 Å². The van der Waals surface area contributed by atoms with Crippen molar-refractivity contribution < 1.29 is 19.2 Å². The first kappa shape index (κ1) is 19.2. The third kappa shape index (κ3) is 4.30. The number of rotatable bonds is 7. The molecule has 0 aliphatic rings. The van der Waals surface area contributed by atoms with Gasteiger partial charge in [-0.1, -0.05) is 26.0 Å². The Morgan fingerprint density at radius 3 is 2.54 bits per heavy atom. The standard InChI is InChI=1S/C19H22N2O5/c1-5-26-18-11-16(21(23)24)15(10-17(18)25-4)19(22)20-14-8-6-7-13(9-14)12(2)3/h6-12H,5H2,1-4H3,(H,20,22). The summed E-state index contributed by atoms with van der Waals surface area (Å²) in [4.78, 5) is 23.4. The Hall–Kier alpha value is -3.09. The minimum Gasteiger partial charge on any atom is -0.493 e. The van der Waals surface area contributed by atoms with Crippen LogP contribution in [-0.4, -0.2) is 24.5 Å². The van der Waals surface area contributed by atoms with Gasteiger partial charge < -0.3 is 14.8 Å². The zero-order valence-electron chi connectivity index (χ0n) is 15.2. The normalized spacial score (nSPS) is 10.5. The molecule has 0 aliphatic carbocycles. The van der Waals surface area contributed by atoms with Crippen molar-refractivity contribution >= 4 is 17.3 Å². The zero-order chi connectivity index (χ0) is 19.3. The van der Waals surface area contributed by atoms with Crippen molar-refractivity contribution in [2.45, 2.75) is 26.7 Å². The molecule has 0 atom stereocenters. The minimum absolute atomic E-state index is 0.0924. The summed E-state index contributed by atoms with van der Waals surface area (Å²) in [6, 6.07) is 9.91. The summed E-state index contributed by atoms with van der Waals surface area (Å²) < 4.78 is 10.5. The summed E-state index contributed by atoms with van der Waals surface area (Å²) in [5.41, 5.74) is 1.20. The Bertz CT molecular complexity index is 818. The van der Waals surface area contributed by atoms with Crippen molar-refractivity contribution in [1.29, 1.82) is 0 Å². The second-order valence-corrected chi connectivity index (χ2v) is 5.94. The molecule has 26 heavy (non-hydrogen) atoms. The van der Waals surface area contributed by atoms with Gasteiger partial charge in [-0.3, -0.25) is 14.9 Å². The maximum Gasteiger partial charge on any atom is 0.286 e. The largest absolute Gasteiger partial charge is 0.493 e. The monoisotopic (exact) mass is 358 g/mol. The molecule has 7 nitrogen and oxygen atoms in total. The fraction of sp³-hybridized carbons (Fsp3) is 0.316. The fourth-order valence-electron chi connectivity index (χ4n) is 2.48. The van der Waals surface area contributed by atoms with Crippen molar-refractivity contribution in [2.75, 3.05) is 19.0 Å². The van der Waals surface area contributed by atoms with E-state index in [2.05, 4.69) is 5.32 Å². The molecule has 0 unspecified atom stereocenters. The van der Waals surface area contributed by atoms with E-state index in [4.69, 9.17) is 9.47 Å². The smallest absolute Gasteiger partial charge is 0.286 e. The molecule has 0 aromatic heterocycles. The van der Waals surface area contributed by atoms with Crippen LogP contribution in [0.4, 0.5) is 11.4 Å². The second kappa shape index (κ2) is 8.33. The van der Waals surface area contributed by atoms with Crippen LogP contribution in [0.1, 0.15) is 42.6 Å². The SMILES string of the molecule is CCOc1cc([N+](=O)[O-])c(C(=O)Nc2cccc(C(C)C)c2)cc1OC. The number of nitrogens with zero attached hydrogens (tertiary/aromatic N) is 1. The molecule has 138 valence electrons. The molecule has 0 saturated carbocycles. The van der Waals surface area contributed by atoms with Crippen LogP contribution in [0.15, 0.2) is 36.4 Å². The third-order valence-electron chi connectivity index (χ3n) is 3.83. The van der Waals surface area contributed by atoms with Crippen molar-refractivity contribution in [2.24, 2.45) is 0 Å². The lowest BCUT2D eigenvalue weighted by Gasteiger charge is -2.13. The lowest BCUT2D eigenvalue weighted by molar-refractivity contribution is -0.385. The average Bonchev–Trinajstić information content (AvgIpc) is 2.61. The Kier molecular flexibility index (Phi) is 6.16. The minimum atomic E-state index is -0.610. The molecule has 1 N–H and O–H groups in total. The maximum absolute atomic E-state index is 12.6. The molecule has 0 saturated heterocycles. The lowest BCUT2D eigenvalue weighted by atomic mass is 10.0. The molecular formula is C19H22N2O5. The average molecular weight is 358 g/mol. The van der Waals surface area contributed by atoms with Crippen LogP contribution < -0.4 is 14.8 Å². The number of nitrogens with one attached hydrogen (secondary N) is 1. The molecule has 2 aromatic rings. The van der Waals surface area contributed by atoms with Gasteiger partial charge in [0.2, 0.25) is 0 Å². The Balaban J connectivity index is 2.41. The van der Waals surface area contributed by atoms with Gasteiger partial charge in [-0.15, -0.1) is 0 Å². The summed E-state index contributed by atoms with van der Waals surface area (Å²) >= 11 is 0. The molecular weight excluding hydrogens is 336 g/mol. The van der Waals surface area contributed by atoms with Crippen LogP contribution in [0.5, 0.6) is 11.5 Å². The number of carbonyl (C=O) groups excluding carboxylic acids is 1. The summed E-state index contributed by atoms with van der Waals surface area (Å²) in [5.74, 6) is 0.198. The van der Waals surface area contributed by atoms with E-state index in [9.17, 15) is 14.9 Å². The first-order valence-electron chi connectivity index (χ1n) is 8.27. The molecule has 0 fully saturated rings. The highest BCUT2D eigenvalue weighted by atomic mass is 16.6. The van der Waals surface area contributed by atoms with Gasteiger partial charge in [0.1, 0.15) is 5.56 Å². The third-order valence-corrected chi connectivity index (χ3v) is 3.83. The number of carbonyl (C=O) groups is 1. The van der Waals surface area contributed by atoms with E-state index in [0.29, 0.717) is 18.2 Å². The maximum atomic E-state index is 12.6. The van der Waals surface area contributed by atoms with Gasteiger partial charge in [-0.2, -0.15) is 0 Å². The summed E-state index contributed by atoms with van der Waals surface area (Å²) in [5, 5.41) is 14.1. The van der Waals surface area contributed by atoms with Gasteiger partial charge in [0.25, 0.3) is 11.6 Å². The van der Waals surface area contributed by atoms with E-state index in [1.807, 2.05) is 32.0 Å². The van der Waals surface area contributed by atoms with E-state index in [1.54, 1.807) is 13.0 Å². The fourth-order valence-corrected chi connectivity index (χ4v) is 2.48. The number of nitro benzene ring substituents is 1.